The molecule has 0 saturated heterocycles. The molecule has 10 heavy (non-hydrogen) atoms. The van der Waals surface area contributed by atoms with E-state index in [1.165, 1.54) is 0 Å². The van der Waals surface area contributed by atoms with Gasteiger partial charge in [0.1, 0.15) is 5.69 Å². The summed E-state index contributed by atoms with van der Waals surface area (Å²) in [5.41, 5.74) is 0.757. The van der Waals surface area contributed by atoms with E-state index in [1.807, 2.05) is 0 Å². The summed E-state index contributed by atoms with van der Waals surface area (Å²) in [5, 5.41) is 3.63. The topological polar surface area (TPSA) is 51.8 Å². The van der Waals surface area contributed by atoms with E-state index in [1.54, 1.807) is 19.2 Å². The normalized spacial score (nSPS) is 10.5. The molecule has 50 valence electrons. The molecule has 0 amide bonds. The van der Waals surface area contributed by atoms with Gasteiger partial charge in [-0.05, 0) is 13.0 Å². The van der Waals surface area contributed by atoms with E-state index >= 15 is 0 Å². The summed E-state index contributed by atoms with van der Waals surface area (Å²) < 4.78 is 4.86. The highest BCUT2D eigenvalue weighted by Crippen LogP contribution is 2.14. The minimum atomic E-state index is 0.491. The lowest BCUT2D eigenvalue weighted by molar-refractivity contribution is 0.386. The lowest BCUT2D eigenvalue weighted by atomic mass is 10.4. The number of hydrogen-bond donors (Lipinski definition) is 0. The highest BCUT2D eigenvalue weighted by Gasteiger charge is 2.07. The highest BCUT2D eigenvalue weighted by molar-refractivity contribution is 5.47. The van der Waals surface area contributed by atoms with E-state index < -0.39 is 0 Å². The zero-order chi connectivity index (χ0) is 6.97. The molecule has 2 rings (SSSR count). The van der Waals surface area contributed by atoms with Gasteiger partial charge in [0.15, 0.2) is 5.82 Å². The molecule has 0 fully saturated rings. The van der Waals surface area contributed by atoms with Crippen molar-refractivity contribution in [2.24, 2.45) is 0 Å². The van der Waals surface area contributed by atoms with Crippen LogP contribution in [0.4, 0.5) is 0 Å². The molecule has 2 aliphatic heterocycles. The maximum atomic E-state index is 4.86. The molecule has 0 bridgehead atoms. The van der Waals surface area contributed by atoms with Gasteiger partial charge < -0.3 is 4.52 Å². The predicted octanol–water partition coefficient (Wildman–Crippen LogP) is 0.878. The Kier molecular flexibility index (Phi) is 0.943. The van der Waals surface area contributed by atoms with Crippen LogP contribution < -0.4 is 0 Å². The smallest absolute Gasteiger partial charge is 0.274 e. The van der Waals surface area contributed by atoms with Crippen molar-refractivity contribution in [2.75, 3.05) is 0 Å². The van der Waals surface area contributed by atoms with Gasteiger partial charge in [0.25, 0.3) is 5.89 Å². The fourth-order valence-electron chi connectivity index (χ4n) is 0.772. The first-order valence-electron chi connectivity index (χ1n) is 2.91. The average Bonchev–Trinajstić information content (AvgIpc) is 2.33. The van der Waals surface area contributed by atoms with Crippen LogP contribution in [-0.4, -0.2) is 15.1 Å². The minimum absolute atomic E-state index is 0.491. The van der Waals surface area contributed by atoms with Crippen LogP contribution in [-0.2, 0) is 0 Å². The molecule has 0 aromatic heterocycles. The van der Waals surface area contributed by atoms with Crippen LogP contribution >= 0.6 is 0 Å². The molecular weight excluding hydrogens is 130 g/mol. The van der Waals surface area contributed by atoms with Crippen molar-refractivity contribution in [2.45, 2.75) is 6.92 Å². The van der Waals surface area contributed by atoms with Crippen LogP contribution in [0.2, 0.25) is 0 Å². The van der Waals surface area contributed by atoms with Gasteiger partial charge in [-0.1, -0.05) is 5.16 Å². The second-order valence-electron chi connectivity index (χ2n) is 1.98. The zero-order valence-corrected chi connectivity index (χ0v) is 5.40. The zero-order valence-electron chi connectivity index (χ0n) is 5.40. The number of rotatable bonds is 0. The molecule has 0 spiro atoms. The van der Waals surface area contributed by atoms with Crippen molar-refractivity contribution in [3.63, 3.8) is 0 Å². The summed E-state index contributed by atoms with van der Waals surface area (Å²) in [4.78, 5) is 7.94. The second-order valence-corrected chi connectivity index (χ2v) is 1.98. The molecule has 0 atom stereocenters. The molecule has 0 aromatic rings. The summed E-state index contributed by atoms with van der Waals surface area (Å²) in [5.74, 6) is 1.12. The SMILES string of the molecule is Cc1noc2nccc-2n1. The molecule has 2 heterocycles. The van der Waals surface area contributed by atoms with E-state index in [0.717, 1.165) is 5.69 Å². The summed E-state index contributed by atoms with van der Waals surface area (Å²) in [6, 6.07) is 1.79. The van der Waals surface area contributed by atoms with Gasteiger partial charge in [-0.25, -0.2) is 9.97 Å². The Hall–Kier alpha value is -1.45. The van der Waals surface area contributed by atoms with E-state index in [-0.39, 0.29) is 0 Å². The number of aromatic nitrogens is 3. The van der Waals surface area contributed by atoms with Crippen molar-refractivity contribution < 1.29 is 4.52 Å². The lowest BCUT2D eigenvalue weighted by Crippen LogP contribution is -1.89. The summed E-state index contributed by atoms with van der Waals surface area (Å²) >= 11 is 0. The molecule has 2 aliphatic rings. The molecule has 0 aliphatic carbocycles. The Bertz CT molecular complexity index is 317. The van der Waals surface area contributed by atoms with Crippen molar-refractivity contribution in [3.8, 4) is 11.6 Å². The Labute approximate surface area is 57.2 Å². The Morgan fingerprint density at radius 1 is 1.50 bits per heavy atom. The fraction of sp³-hybridized carbons (Fsp3) is 0.167. The Morgan fingerprint density at radius 3 is 3.30 bits per heavy atom. The number of hydrogen-bond acceptors (Lipinski definition) is 4. The van der Waals surface area contributed by atoms with Crippen LogP contribution in [0.5, 0.6) is 0 Å². The van der Waals surface area contributed by atoms with Gasteiger partial charge in [0.2, 0.25) is 0 Å². The van der Waals surface area contributed by atoms with Gasteiger partial charge in [-0.3, -0.25) is 0 Å². The molecule has 0 N–H and O–H groups in total. The first kappa shape index (κ1) is 5.34. The Balaban J connectivity index is 2.75. The van der Waals surface area contributed by atoms with Crippen LogP contribution in [0.1, 0.15) is 5.82 Å². The van der Waals surface area contributed by atoms with Crippen LogP contribution in [0, 0.1) is 6.92 Å². The number of aryl methyl sites for hydroxylation is 1. The van der Waals surface area contributed by atoms with Crippen LogP contribution in [0.3, 0.4) is 0 Å². The molecule has 4 nitrogen and oxygen atoms in total. The standard InChI is InChI=1S/C6H5N3O/c1-4-8-5-2-3-7-6(5)10-9-4/h2-3H,1H3. The van der Waals surface area contributed by atoms with Crippen LogP contribution in [0.15, 0.2) is 16.8 Å². The van der Waals surface area contributed by atoms with E-state index in [9.17, 15) is 0 Å². The lowest BCUT2D eigenvalue weighted by Gasteiger charge is -1.92. The predicted molar refractivity (Wildman–Crippen MR) is 33.5 cm³/mol. The van der Waals surface area contributed by atoms with E-state index in [0.29, 0.717) is 11.7 Å². The minimum Gasteiger partial charge on any atom is -0.332 e. The fourth-order valence-corrected chi connectivity index (χ4v) is 0.772. The first-order chi connectivity index (χ1) is 4.86. The van der Waals surface area contributed by atoms with E-state index in [2.05, 4.69) is 15.1 Å². The summed E-state index contributed by atoms with van der Waals surface area (Å²) in [7, 11) is 0. The molecule has 0 unspecified atom stereocenters. The average molecular weight is 135 g/mol. The maximum absolute atomic E-state index is 4.86. The molecule has 0 radical (unpaired) electrons. The van der Waals surface area contributed by atoms with Gasteiger partial charge in [-0.2, -0.15) is 0 Å². The van der Waals surface area contributed by atoms with Crippen molar-refractivity contribution in [1.29, 1.82) is 0 Å². The van der Waals surface area contributed by atoms with Crippen LogP contribution in [0.25, 0.3) is 11.6 Å². The molecule has 0 saturated carbocycles. The Morgan fingerprint density at radius 2 is 2.40 bits per heavy atom. The third-order valence-corrected chi connectivity index (χ3v) is 1.19. The van der Waals surface area contributed by atoms with Gasteiger partial charge >= 0.3 is 0 Å². The number of fused-ring (bicyclic) bond motifs is 1. The first-order valence-corrected chi connectivity index (χ1v) is 2.91. The second kappa shape index (κ2) is 1.76. The van der Waals surface area contributed by atoms with Gasteiger partial charge in [0.05, 0.1) is 0 Å². The van der Waals surface area contributed by atoms with E-state index in [4.69, 9.17) is 4.52 Å². The maximum Gasteiger partial charge on any atom is 0.274 e. The van der Waals surface area contributed by atoms with Gasteiger partial charge in [-0.15, -0.1) is 0 Å². The molecule has 4 heteroatoms. The monoisotopic (exact) mass is 135 g/mol. The quantitative estimate of drug-likeness (QED) is 0.538. The molecule has 0 aromatic carbocycles. The summed E-state index contributed by atoms with van der Waals surface area (Å²) in [6.45, 7) is 1.77. The largest absolute Gasteiger partial charge is 0.332 e. The van der Waals surface area contributed by atoms with Crippen molar-refractivity contribution in [1.82, 2.24) is 15.1 Å². The molecular formula is C6H5N3O. The summed E-state index contributed by atoms with van der Waals surface area (Å²) in [6.07, 6.45) is 1.64. The third-order valence-electron chi connectivity index (χ3n) is 1.19. The number of nitrogens with zero attached hydrogens (tertiary/aromatic N) is 3. The highest BCUT2D eigenvalue weighted by atomic mass is 16.5. The van der Waals surface area contributed by atoms with Gasteiger partial charge in [0, 0.05) is 6.20 Å². The van der Waals surface area contributed by atoms with Crippen molar-refractivity contribution >= 4 is 0 Å². The van der Waals surface area contributed by atoms with Crippen molar-refractivity contribution in [3.05, 3.63) is 18.1 Å². The third kappa shape index (κ3) is 0.655.